The molecule has 114 valence electrons. The lowest BCUT2D eigenvalue weighted by molar-refractivity contribution is 0.169. The zero-order valence-corrected chi connectivity index (χ0v) is 14.6. The smallest absolute Gasteiger partial charge is 0.0490 e. The van der Waals surface area contributed by atoms with Gasteiger partial charge >= 0.3 is 0 Å². The molecule has 0 amide bonds. The van der Waals surface area contributed by atoms with Crippen molar-refractivity contribution in [3.8, 4) is 0 Å². The van der Waals surface area contributed by atoms with Crippen molar-refractivity contribution in [1.29, 1.82) is 0 Å². The molecular weight excluding hydrogens is 276 g/mol. The predicted molar refractivity (Wildman–Crippen MR) is 89.5 cm³/mol. The lowest BCUT2D eigenvalue weighted by atomic mass is 10.1. The predicted octanol–water partition coefficient (Wildman–Crippen LogP) is 3.08. The summed E-state index contributed by atoms with van der Waals surface area (Å²) < 4.78 is 9.32. The fourth-order valence-corrected chi connectivity index (χ4v) is 3.13. The second-order valence-corrected chi connectivity index (χ2v) is 9.42. The summed E-state index contributed by atoms with van der Waals surface area (Å²) in [7, 11) is 0. The van der Waals surface area contributed by atoms with Gasteiger partial charge in [0, 0.05) is 22.6 Å². The van der Waals surface area contributed by atoms with Gasteiger partial charge in [-0.15, -0.1) is 0 Å². The molecule has 0 atom stereocenters. The second kappa shape index (κ2) is 7.55. The molecule has 5 heteroatoms. The van der Waals surface area contributed by atoms with Crippen molar-refractivity contribution >= 4 is 24.7 Å². The maximum Gasteiger partial charge on any atom is 0.0490 e. The first-order valence-corrected chi connectivity index (χ1v) is 8.44. The summed E-state index contributed by atoms with van der Waals surface area (Å²) in [5, 5.41) is 0. The van der Waals surface area contributed by atoms with E-state index < -0.39 is 0 Å². The third-order valence-electron chi connectivity index (χ3n) is 3.36. The van der Waals surface area contributed by atoms with Crippen molar-refractivity contribution in [2.24, 2.45) is 0 Å². The Morgan fingerprint density at radius 3 is 1.74 bits per heavy atom. The van der Waals surface area contributed by atoms with Crippen LogP contribution >= 0.6 is 24.7 Å². The number of nitrogens with zero attached hydrogens (tertiary/aromatic N) is 2. The zero-order chi connectivity index (χ0) is 14.5. The van der Waals surface area contributed by atoms with E-state index in [9.17, 15) is 4.55 Å². The van der Waals surface area contributed by atoms with Crippen molar-refractivity contribution < 1.29 is 4.55 Å². The summed E-state index contributed by atoms with van der Waals surface area (Å²) >= 11 is 5.61. The van der Waals surface area contributed by atoms with Gasteiger partial charge in [-0.2, -0.15) is 12.6 Å². The van der Waals surface area contributed by atoms with Gasteiger partial charge in [0.15, 0.2) is 0 Å². The summed E-state index contributed by atoms with van der Waals surface area (Å²) in [5.41, 5.74) is 0. The molecule has 0 saturated carbocycles. The van der Waals surface area contributed by atoms with Crippen LogP contribution in [-0.4, -0.2) is 63.1 Å². The Morgan fingerprint density at radius 2 is 1.37 bits per heavy atom. The van der Waals surface area contributed by atoms with Crippen LogP contribution in [0.25, 0.3) is 0 Å². The van der Waals surface area contributed by atoms with Gasteiger partial charge in [0.2, 0.25) is 0 Å². The van der Waals surface area contributed by atoms with E-state index in [1.165, 1.54) is 12.8 Å². The molecule has 1 saturated heterocycles. The van der Waals surface area contributed by atoms with E-state index >= 15 is 0 Å². The molecule has 1 aliphatic rings. The molecule has 1 rings (SSSR count). The van der Waals surface area contributed by atoms with Gasteiger partial charge in [0.1, 0.15) is 0 Å². The maximum atomic E-state index is 9.29. The minimum atomic E-state index is -0.0635. The van der Waals surface area contributed by atoms with Gasteiger partial charge in [0.05, 0.1) is 0 Å². The molecule has 0 unspecified atom stereocenters. The molecule has 19 heavy (non-hydrogen) atoms. The Kier molecular flexibility index (Phi) is 7.01. The summed E-state index contributed by atoms with van der Waals surface area (Å²) in [4.78, 5) is 5.03. The molecule has 0 bridgehead atoms. The van der Waals surface area contributed by atoms with Crippen LogP contribution in [0.5, 0.6) is 0 Å². The van der Waals surface area contributed by atoms with Crippen LogP contribution in [0.3, 0.4) is 0 Å². The molecule has 1 heterocycles. The SMILES string of the molecule is CC(C)(S)CN1CCCN(CC(C)(C)SO)CCC1. The molecule has 0 spiro atoms. The van der Waals surface area contributed by atoms with Gasteiger partial charge in [-0.3, -0.25) is 0 Å². The molecule has 0 radical (unpaired) electrons. The van der Waals surface area contributed by atoms with Crippen molar-refractivity contribution in [2.75, 3.05) is 39.3 Å². The van der Waals surface area contributed by atoms with Crippen molar-refractivity contribution in [1.82, 2.24) is 9.80 Å². The molecule has 3 nitrogen and oxygen atoms in total. The average Bonchev–Trinajstić information content (AvgIpc) is 2.23. The number of thiol groups is 1. The summed E-state index contributed by atoms with van der Waals surface area (Å²) in [5.74, 6) is 0. The Morgan fingerprint density at radius 1 is 0.947 bits per heavy atom. The Balaban J connectivity index is 2.38. The first-order chi connectivity index (χ1) is 8.72. The molecule has 0 aromatic carbocycles. The van der Waals surface area contributed by atoms with Gasteiger partial charge in [-0.1, -0.05) is 0 Å². The van der Waals surface area contributed by atoms with Crippen LogP contribution in [0.1, 0.15) is 40.5 Å². The molecule has 0 aromatic rings. The van der Waals surface area contributed by atoms with E-state index in [0.29, 0.717) is 0 Å². The Labute approximate surface area is 128 Å². The molecule has 1 aliphatic heterocycles. The van der Waals surface area contributed by atoms with Crippen molar-refractivity contribution in [2.45, 2.75) is 50.0 Å². The van der Waals surface area contributed by atoms with E-state index in [4.69, 9.17) is 0 Å². The fourth-order valence-electron chi connectivity index (χ4n) is 2.69. The monoisotopic (exact) mass is 306 g/mol. The second-order valence-electron chi connectivity index (χ2n) is 6.92. The highest BCUT2D eigenvalue weighted by Crippen LogP contribution is 2.23. The van der Waals surface area contributed by atoms with E-state index in [0.717, 1.165) is 51.3 Å². The highest BCUT2D eigenvalue weighted by atomic mass is 32.2. The standard InChI is InChI=1S/C14H30N2OS2/c1-13(2,18)11-15-7-5-9-16(10-6-8-15)12-14(3,4)19-17/h17-18H,5-12H2,1-4H3. The molecule has 0 aliphatic carbocycles. The van der Waals surface area contributed by atoms with E-state index in [-0.39, 0.29) is 9.49 Å². The normalized spacial score (nSPS) is 21.2. The van der Waals surface area contributed by atoms with E-state index in [1.807, 2.05) is 0 Å². The topological polar surface area (TPSA) is 26.7 Å². The summed E-state index contributed by atoms with van der Waals surface area (Å²) in [6.45, 7) is 15.2. The van der Waals surface area contributed by atoms with Gasteiger partial charge in [-0.25, -0.2) is 0 Å². The maximum absolute atomic E-state index is 9.29. The molecule has 1 N–H and O–H groups in total. The van der Waals surface area contributed by atoms with Crippen LogP contribution < -0.4 is 0 Å². The van der Waals surface area contributed by atoms with E-state index in [2.05, 4.69) is 50.1 Å². The first kappa shape index (κ1) is 17.6. The highest BCUT2D eigenvalue weighted by molar-refractivity contribution is 7.95. The number of rotatable bonds is 5. The fraction of sp³-hybridized carbons (Fsp3) is 1.00. The van der Waals surface area contributed by atoms with Crippen LogP contribution in [0.2, 0.25) is 0 Å². The van der Waals surface area contributed by atoms with Crippen LogP contribution in [0.15, 0.2) is 0 Å². The summed E-state index contributed by atoms with van der Waals surface area (Å²) in [6, 6.07) is 0. The minimum Gasteiger partial charge on any atom is -0.329 e. The first-order valence-electron chi connectivity index (χ1n) is 7.21. The van der Waals surface area contributed by atoms with Crippen LogP contribution in [-0.2, 0) is 0 Å². The molecule has 1 fully saturated rings. The van der Waals surface area contributed by atoms with Crippen molar-refractivity contribution in [3.63, 3.8) is 0 Å². The molecule has 0 aromatic heterocycles. The Bertz CT molecular complexity index is 257. The minimum absolute atomic E-state index is 0.0635. The van der Waals surface area contributed by atoms with Crippen LogP contribution in [0, 0.1) is 0 Å². The largest absolute Gasteiger partial charge is 0.329 e. The highest BCUT2D eigenvalue weighted by Gasteiger charge is 2.24. The summed E-state index contributed by atoms with van der Waals surface area (Å²) in [6.07, 6.45) is 2.41. The van der Waals surface area contributed by atoms with Gasteiger partial charge in [0.25, 0.3) is 0 Å². The lowest BCUT2D eigenvalue weighted by Gasteiger charge is -2.35. The van der Waals surface area contributed by atoms with Gasteiger partial charge < -0.3 is 14.4 Å². The van der Waals surface area contributed by atoms with Gasteiger partial charge in [-0.05, 0) is 78.8 Å². The van der Waals surface area contributed by atoms with Crippen molar-refractivity contribution in [3.05, 3.63) is 0 Å². The quantitative estimate of drug-likeness (QED) is 0.603. The van der Waals surface area contributed by atoms with Crippen LogP contribution in [0.4, 0.5) is 0 Å². The molecular formula is C14H30N2OS2. The Hall–Kier alpha value is 0.580. The third kappa shape index (κ3) is 7.81. The number of hydrogen-bond acceptors (Lipinski definition) is 5. The lowest BCUT2D eigenvalue weighted by Crippen LogP contribution is -2.44. The third-order valence-corrected chi connectivity index (χ3v) is 4.12. The zero-order valence-electron chi connectivity index (χ0n) is 12.9. The van der Waals surface area contributed by atoms with E-state index in [1.54, 1.807) is 0 Å². The average molecular weight is 307 g/mol. The number of hydrogen-bond donors (Lipinski definition) is 2.